The minimum atomic E-state index is -3.75. The summed E-state index contributed by atoms with van der Waals surface area (Å²) in [5.74, 6) is -0.0175. The molecule has 4 rings (SSSR count). The number of aryl methyl sites for hydroxylation is 1. The van der Waals surface area contributed by atoms with Gasteiger partial charge in [0.15, 0.2) is 5.76 Å². The molecule has 8 nitrogen and oxygen atoms in total. The minimum Gasteiger partial charge on any atom is -0.360 e. The van der Waals surface area contributed by atoms with Gasteiger partial charge in [-0.15, -0.1) is 0 Å². The second-order valence-corrected chi connectivity index (χ2v) is 10.1. The van der Waals surface area contributed by atoms with Crippen molar-refractivity contribution in [1.29, 1.82) is 0 Å². The second kappa shape index (κ2) is 9.05. The van der Waals surface area contributed by atoms with Crippen molar-refractivity contribution in [2.75, 3.05) is 39.3 Å². The Bertz CT molecular complexity index is 1020. The lowest BCUT2D eigenvalue weighted by molar-refractivity contribution is -0.138. The first kappa shape index (κ1) is 21.9. The number of aromatic nitrogens is 1. The summed E-state index contributed by atoms with van der Waals surface area (Å²) in [6.07, 6.45) is 1.30. The number of carbonyl (C=O) groups is 1. The van der Waals surface area contributed by atoms with E-state index in [0.717, 1.165) is 36.7 Å². The van der Waals surface area contributed by atoms with Crippen LogP contribution in [0.2, 0.25) is 0 Å². The van der Waals surface area contributed by atoms with Gasteiger partial charge >= 0.3 is 0 Å². The molecule has 2 aromatic rings. The van der Waals surface area contributed by atoms with Gasteiger partial charge in [0.1, 0.15) is 5.82 Å². The Morgan fingerprint density at radius 1 is 1.16 bits per heavy atom. The van der Waals surface area contributed by atoms with Gasteiger partial charge in [0, 0.05) is 45.3 Å². The molecule has 2 saturated heterocycles. The van der Waals surface area contributed by atoms with Gasteiger partial charge in [-0.25, -0.2) is 12.8 Å². The summed E-state index contributed by atoms with van der Waals surface area (Å²) < 4.78 is 45.6. The molecular formula is C21H27FN4O4S. The van der Waals surface area contributed by atoms with Crippen LogP contribution >= 0.6 is 0 Å². The molecule has 1 amide bonds. The van der Waals surface area contributed by atoms with Crippen LogP contribution in [-0.4, -0.2) is 72.9 Å². The van der Waals surface area contributed by atoms with Crippen LogP contribution in [0.25, 0.3) is 0 Å². The molecule has 2 aliphatic heterocycles. The van der Waals surface area contributed by atoms with Crippen molar-refractivity contribution in [1.82, 2.24) is 19.3 Å². The number of sulfonamides is 1. The third kappa shape index (κ3) is 4.97. The molecule has 1 unspecified atom stereocenters. The topological polar surface area (TPSA) is 87.0 Å². The average molecular weight is 451 g/mol. The summed E-state index contributed by atoms with van der Waals surface area (Å²) >= 11 is 0. The van der Waals surface area contributed by atoms with E-state index in [9.17, 15) is 17.6 Å². The number of halogens is 1. The first-order valence-corrected chi connectivity index (χ1v) is 12.0. The molecule has 2 aliphatic rings. The molecule has 31 heavy (non-hydrogen) atoms. The summed E-state index contributed by atoms with van der Waals surface area (Å²) in [7, 11) is -3.75. The Labute approximate surface area is 181 Å². The van der Waals surface area contributed by atoms with Crippen LogP contribution in [0.4, 0.5) is 4.39 Å². The normalized spacial score (nSPS) is 21.4. The van der Waals surface area contributed by atoms with Crippen molar-refractivity contribution in [3.05, 3.63) is 47.6 Å². The fourth-order valence-electron chi connectivity index (χ4n) is 4.21. The highest BCUT2D eigenvalue weighted by Gasteiger charge is 2.35. The monoisotopic (exact) mass is 450 g/mol. The predicted octanol–water partition coefficient (Wildman–Crippen LogP) is 1.87. The third-order valence-corrected chi connectivity index (χ3v) is 7.80. The van der Waals surface area contributed by atoms with Gasteiger partial charge < -0.3 is 9.42 Å². The van der Waals surface area contributed by atoms with Crippen LogP contribution in [0.1, 0.15) is 24.3 Å². The number of hydrogen-bond donors (Lipinski definition) is 0. The van der Waals surface area contributed by atoms with Crippen molar-refractivity contribution in [2.45, 2.75) is 31.2 Å². The first-order chi connectivity index (χ1) is 14.8. The van der Waals surface area contributed by atoms with Gasteiger partial charge in [-0.05, 0) is 44.0 Å². The van der Waals surface area contributed by atoms with Gasteiger partial charge in [-0.3, -0.25) is 9.69 Å². The molecule has 0 saturated carbocycles. The molecule has 0 bridgehead atoms. The van der Waals surface area contributed by atoms with Crippen LogP contribution in [0.3, 0.4) is 0 Å². The number of nitrogens with zero attached hydrogens (tertiary/aromatic N) is 4. The zero-order valence-corrected chi connectivity index (χ0v) is 18.4. The smallest absolute Gasteiger partial charge is 0.243 e. The zero-order chi connectivity index (χ0) is 22.0. The Morgan fingerprint density at radius 3 is 2.52 bits per heavy atom. The lowest BCUT2D eigenvalue weighted by Gasteiger charge is -2.38. The minimum absolute atomic E-state index is 0.00849. The maximum absolute atomic E-state index is 13.2. The van der Waals surface area contributed by atoms with Gasteiger partial charge in [-0.1, -0.05) is 5.16 Å². The van der Waals surface area contributed by atoms with E-state index in [0.29, 0.717) is 39.0 Å². The largest absolute Gasteiger partial charge is 0.360 e. The number of benzene rings is 1. The van der Waals surface area contributed by atoms with Gasteiger partial charge in [0.25, 0.3) is 0 Å². The zero-order valence-electron chi connectivity index (χ0n) is 17.5. The molecule has 1 aromatic heterocycles. The second-order valence-electron chi connectivity index (χ2n) is 8.19. The molecule has 1 atom stereocenters. The van der Waals surface area contributed by atoms with E-state index in [1.807, 2.05) is 17.9 Å². The predicted molar refractivity (Wildman–Crippen MR) is 111 cm³/mol. The van der Waals surface area contributed by atoms with Crippen LogP contribution < -0.4 is 0 Å². The number of piperazine rings is 1. The quantitative estimate of drug-likeness (QED) is 0.691. The Morgan fingerprint density at radius 2 is 1.87 bits per heavy atom. The van der Waals surface area contributed by atoms with Crippen LogP contribution in [0.15, 0.2) is 39.8 Å². The van der Waals surface area contributed by atoms with E-state index < -0.39 is 15.8 Å². The van der Waals surface area contributed by atoms with Gasteiger partial charge in [0.2, 0.25) is 15.9 Å². The van der Waals surface area contributed by atoms with E-state index in [4.69, 9.17) is 4.52 Å². The van der Waals surface area contributed by atoms with E-state index in [1.165, 1.54) is 16.4 Å². The summed E-state index contributed by atoms with van der Waals surface area (Å²) in [4.78, 5) is 17.2. The summed E-state index contributed by atoms with van der Waals surface area (Å²) in [6.45, 7) is 5.75. The van der Waals surface area contributed by atoms with E-state index in [-0.39, 0.29) is 23.3 Å². The van der Waals surface area contributed by atoms with Gasteiger partial charge in [-0.2, -0.15) is 4.31 Å². The van der Waals surface area contributed by atoms with Gasteiger partial charge in [0.05, 0.1) is 23.1 Å². The molecule has 3 heterocycles. The SMILES string of the molecule is Cc1cc(CN2CCN(C(=O)C3CCCN(S(=O)(=O)c4ccc(F)cc4)C3)CC2)on1. The molecule has 10 heteroatoms. The van der Waals surface area contributed by atoms with Crippen LogP contribution in [0, 0.1) is 18.7 Å². The number of piperidine rings is 1. The standard InChI is InChI=1S/C21H27FN4O4S/c1-16-13-19(30-23-16)15-24-9-11-25(12-10-24)21(27)17-3-2-8-26(14-17)31(28,29)20-6-4-18(22)5-7-20/h4-7,13,17H,2-3,8-12,14-15H2,1H3. The maximum Gasteiger partial charge on any atom is 0.243 e. The lowest BCUT2D eigenvalue weighted by Crippen LogP contribution is -2.52. The Kier molecular flexibility index (Phi) is 6.40. The number of rotatable bonds is 5. The molecular weight excluding hydrogens is 423 g/mol. The van der Waals surface area contributed by atoms with E-state index >= 15 is 0 Å². The van der Waals surface area contributed by atoms with E-state index in [2.05, 4.69) is 10.1 Å². The molecule has 168 valence electrons. The number of amides is 1. The van der Waals surface area contributed by atoms with Crippen molar-refractivity contribution >= 4 is 15.9 Å². The number of carbonyl (C=O) groups excluding carboxylic acids is 1. The van der Waals surface area contributed by atoms with Crippen molar-refractivity contribution < 1.29 is 22.1 Å². The number of hydrogen-bond acceptors (Lipinski definition) is 6. The highest BCUT2D eigenvalue weighted by Crippen LogP contribution is 2.25. The van der Waals surface area contributed by atoms with Crippen molar-refractivity contribution in [2.24, 2.45) is 5.92 Å². The van der Waals surface area contributed by atoms with Crippen molar-refractivity contribution in [3.63, 3.8) is 0 Å². The first-order valence-electron chi connectivity index (χ1n) is 10.5. The highest BCUT2D eigenvalue weighted by atomic mass is 32.2. The highest BCUT2D eigenvalue weighted by molar-refractivity contribution is 7.89. The fraction of sp³-hybridized carbons (Fsp3) is 0.524. The van der Waals surface area contributed by atoms with Crippen LogP contribution in [0.5, 0.6) is 0 Å². The summed E-state index contributed by atoms with van der Waals surface area (Å²) in [5, 5.41) is 3.90. The molecule has 0 aliphatic carbocycles. The molecule has 0 radical (unpaired) electrons. The average Bonchev–Trinajstić information content (AvgIpc) is 3.18. The lowest BCUT2D eigenvalue weighted by atomic mass is 9.97. The maximum atomic E-state index is 13.2. The Balaban J connectivity index is 1.34. The molecule has 0 N–H and O–H groups in total. The fourth-order valence-corrected chi connectivity index (χ4v) is 5.74. The Hall–Kier alpha value is -2.30. The molecule has 0 spiro atoms. The summed E-state index contributed by atoms with van der Waals surface area (Å²) in [5.41, 5.74) is 0.848. The van der Waals surface area contributed by atoms with Crippen molar-refractivity contribution in [3.8, 4) is 0 Å². The molecule has 1 aromatic carbocycles. The van der Waals surface area contributed by atoms with E-state index in [1.54, 1.807) is 0 Å². The van der Waals surface area contributed by atoms with Crippen LogP contribution in [-0.2, 0) is 21.4 Å². The molecule has 2 fully saturated rings. The summed E-state index contributed by atoms with van der Waals surface area (Å²) in [6, 6.07) is 6.73. The third-order valence-electron chi connectivity index (χ3n) is 5.92.